The standard InChI is InChI=1S/C17H21N3O2/c1-20-16-12-22-11-14(15(16)10-19-20)9-18-17(21)8-7-13-5-3-2-4-6-13/h2-6,10,14H,7-9,11-12H2,1H3,(H,18,21)/t14-/m1/s1. The molecule has 1 aromatic carbocycles. The molecule has 0 saturated carbocycles. The van der Waals surface area contributed by atoms with E-state index in [0.717, 1.165) is 12.1 Å². The average Bonchev–Trinajstić information content (AvgIpc) is 2.94. The molecule has 1 aromatic heterocycles. The van der Waals surface area contributed by atoms with Crippen LogP contribution in [0.15, 0.2) is 36.5 Å². The Kier molecular flexibility index (Phi) is 4.53. The first-order valence-electron chi connectivity index (χ1n) is 7.63. The summed E-state index contributed by atoms with van der Waals surface area (Å²) in [5.41, 5.74) is 3.49. The smallest absolute Gasteiger partial charge is 0.220 e. The minimum absolute atomic E-state index is 0.0832. The van der Waals surface area contributed by atoms with Crippen LogP contribution in [0.2, 0.25) is 0 Å². The van der Waals surface area contributed by atoms with Crippen LogP contribution in [-0.2, 0) is 29.6 Å². The highest BCUT2D eigenvalue weighted by Gasteiger charge is 2.24. The van der Waals surface area contributed by atoms with E-state index in [2.05, 4.69) is 10.4 Å². The number of hydrogen-bond acceptors (Lipinski definition) is 3. The van der Waals surface area contributed by atoms with Crippen molar-refractivity contribution in [3.63, 3.8) is 0 Å². The number of nitrogens with zero attached hydrogens (tertiary/aromatic N) is 2. The van der Waals surface area contributed by atoms with Crippen molar-refractivity contribution in [2.75, 3.05) is 13.2 Å². The Balaban J connectivity index is 1.49. The van der Waals surface area contributed by atoms with Crippen molar-refractivity contribution in [2.45, 2.75) is 25.4 Å². The zero-order valence-corrected chi connectivity index (χ0v) is 12.8. The molecule has 3 rings (SSSR count). The minimum atomic E-state index is 0.0832. The molecule has 2 heterocycles. The maximum absolute atomic E-state index is 12.0. The second kappa shape index (κ2) is 6.75. The summed E-state index contributed by atoms with van der Waals surface area (Å²) in [4.78, 5) is 12.0. The lowest BCUT2D eigenvalue weighted by Crippen LogP contribution is -2.32. The van der Waals surface area contributed by atoms with Crippen molar-refractivity contribution in [1.29, 1.82) is 0 Å². The fourth-order valence-corrected chi connectivity index (χ4v) is 2.78. The predicted octanol–water partition coefficient (Wildman–Crippen LogP) is 1.78. The van der Waals surface area contributed by atoms with Crippen molar-refractivity contribution in [2.24, 2.45) is 7.05 Å². The Labute approximate surface area is 130 Å². The third-order valence-electron chi connectivity index (χ3n) is 4.12. The third kappa shape index (κ3) is 3.36. The Hall–Kier alpha value is -2.14. The maximum atomic E-state index is 12.0. The van der Waals surface area contributed by atoms with Crippen LogP contribution in [0, 0.1) is 0 Å². The number of hydrogen-bond donors (Lipinski definition) is 1. The summed E-state index contributed by atoms with van der Waals surface area (Å²) in [6.45, 7) is 1.84. The topological polar surface area (TPSA) is 56.1 Å². The molecule has 1 aliphatic rings. The highest BCUT2D eigenvalue weighted by Crippen LogP contribution is 2.25. The Morgan fingerprint density at radius 2 is 2.23 bits per heavy atom. The molecule has 5 nitrogen and oxygen atoms in total. The molecule has 1 atom stereocenters. The quantitative estimate of drug-likeness (QED) is 0.915. The Morgan fingerprint density at radius 3 is 3.05 bits per heavy atom. The normalized spacial score (nSPS) is 17.0. The number of aromatic nitrogens is 2. The molecule has 0 fully saturated rings. The van der Waals surface area contributed by atoms with Crippen LogP contribution in [-0.4, -0.2) is 28.8 Å². The van der Waals surface area contributed by atoms with Gasteiger partial charge in [0.25, 0.3) is 0 Å². The van der Waals surface area contributed by atoms with Crippen molar-refractivity contribution >= 4 is 5.91 Å². The molecule has 116 valence electrons. The van der Waals surface area contributed by atoms with Gasteiger partial charge in [0.05, 0.1) is 25.1 Å². The molecule has 5 heteroatoms. The largest absolute Gasteiger partial charge is 0.374 e. The van der Waals surface area contributed by atoms with Gasteiger partial charge in [-0.05, 0) is 12.0 Å². The summed E-state index contributed by atoms with van der Waals surface area (Å²) < 4.78 is 7.44. The summed E-state index contributed by atoms with van der Waals surface area (Å²) in [5.74, 6) is 0.276. The van der Waals surface area contributed by atoms with E-state index < -0.39 is 0 Å². The molecule has 0 spiro atoms. The van der Waals surface area contributed by atoms with Gasteiger partial charge < -0.3 is 10.1 Å². The lowest BCUT2D eigenvalue weighted by atomic mass is 9.98. The van der Waals surface area contributed by atoms with Crippen LogP contribution in [0.5, 0.6) is 0 Å². The first kappa shape index (κ1) is 14.8. The Bertz CT molecular complexity index is 637. The SMILES string of the molecule is Cn1ncc2c1COC[C@H]2CNC(=O)CCc1ccccc1. The van der Waals surface area contributed by atoms with E-state index >= 15 is 0 Å². The van der Waals surface area contributed by atoms with E-state index in [1.807, 2.05) is 48.3 Å². The predicted molar refractivity (Wildman–Crippen MR) is 83.4 cm³/mol. The van der Waals surface area contributed by atoms with Crippen LogP contribution >= 0.6 is 0 Å². The number of carbonyl (C=O) groups is 1. The zero-order chi connectivity index (χ0) is 15.4. The fourth-order valence-electron chi connectivity index (χ4n) is 2.78. The first-order chi connectivity index (χ1) is 10.7. The molecular formula is C17H21N3O2. The molecule has 1 aliphatic heterocycles. The first-order valence-corrected chi connectivity index (χ1v) is 7.63. The van der Waals surface area contributed by atoms with Gasteiger partial charge in [-0.15, -0.1) is 0 Å². The number of ether oxygens (including phenoxy) is 1. The van der Waals surface area contributed by atoms with Crippen LogP contribution in [0.1, 0.15) is 29.2 Å². The van der Waals surface area contributed by atoms with Gasteiger partial charge >= 0.3 is 0 Å². The van der Waals surface area contributed by atoms with E-state index in [0.29, 0.717) is 26.2 Å². The van der Waals surface area contributed by atoms with Gasteiger partial charge in [0, 0.05) is 31.5 Å². The van der Waals surface area contributed by atoms with E-state index in [9.17, 15) is 4.79 Å². The van der Waals surface area contributed by atoms with Crippen LogP contribution in [0.25, 0.3) is 0 Å². The van der Waals surface area contributed by atoms with E-state index in [-0.39, 0.29) is 11.8 Å². The molecule has 0 aliphatic carbocycles. The van der Waals surface area contributed by atoms with Gasteiger partial charge in [0.15, 0.2) is 0 Å². The number of benzene rings is 1. The van der Waals surface area contributed by atoms with E-state index in [4.69, 9.17) is 4.74 Å². The van der Waals surface area contributed by atoms with Gasteiger partial charge in [-0.1, -0.05) is 30.3 Å². The number of nitrogens with one attached hydrogen (secondary N) is 1. The number of amides is 1. The highest BCUT2D eigenvalue weighted by molar-refractivity contribution is 5.76. The summed E-state index contributed by atoms with van der Waals surface area (Å²) in [5, 5.41) is 7.29. The van der Waals surface area contributed by atoms with Crippen molar-refractivity contribution < 1.29 is 9.53 Å². The molecule has 1 amide bonds. The average molecular weight is 299 g/mol. The summed E-state index contributed by atoms with van der Waals surface area (Å²) in [6.07, 6.45) is 3.17. The van der Waals surface area contributed by atoms with Gasteiger partial charge in [-0.25, -0.2) is 0 Å². The molecule has 0 saturated heterocycles. The molecule has 2 aromatic rings. The summed E-state index contributed by atoms with van der Waals surface area (Å²) in [6, 6.07) is 10.1. The summed E-state index contributed by atoms with van der Waals surface area (Å²) >= 11 is 0. The van der Waals surface area contributed by atoms with Crippen LogP contribution in [0.4, 0.5) is 0 Å². The van der Waals surface area contributed by atoms with Crippen LogP contribution < -0.4 is 5.32 Å². The fraction of sp³-hybridized carbons (Fsp3) is 0.412. The van der Waals surface area contributed by atoms with Gasteiger partial charge in [0.2, 0.25) is 5.91 Å². The van der Waals surface area contributed by atoms with Crippen molar-refractivity contribution in [1.82, 2.24) is 15.1 Å². The molecule has 0 bridgehead atoms. The lowest BCUT2D eigenvalue weighted by molar-refractivity contribution is -0.121. The number of fused-ring (bicyclic) bond motifs is 1. The second-order valence-electron chi connectivity index (χ2n) is 5.67. The summed E-state index contributed by atoms with van der Waals surface area (Å²) in [7, 11) is 1.92. The van der Waals surface area contributed by atoms with Gasteiger partial charge in [0.1, 0.15) is 0 Å². The second-order valence-corrected chi connectivity index (χ2v) is 5.67. The van der Waals surface area contributed by atoms with E-state index in [1.165, 1.54) is 11.1 Å². The molecular weight excluding hydrogens is 278 g/mol. The van der Waals surface area contributed by atoms with Gasteiger partial charge in [-0.3, -0.25) is 9.48 Å². The molecule has 0 unspecified atom stereocenters. The number of rotatable bonds is 5. The number of carbonyl (C=O) groups excluding carboxylic acids is 1. The van der Waals surface area contributed by atoms with Crippen molar-refractivity contribution in [3.8, 4) is 0 Å². The highest BCUT2D eigenvalue weighted by atomic mass is 16.5. The van der Waals surface area contributed by atoms with E-state index in [1.54, 1.807) is 0 Å². The maximum Gasteiger partial charge on any atom is 0.220 e. The van der Waals surface area contributed by atoms with Crippen LogP contribution in [0.3, 0.4) is 0 Å². The number of aryl methyl sites for hydroxylation is 2. The molecule has 0 radical (unpaired) electrons. The van der Waals surface area contributed by atoms with Gasteiger partial charge in [-0.2, -0.15) is 5.10 Å². The Morgan fingerprint density at radius 1 is 1.41 bits per heavy atom. The zero-order valence-electron chi connectivity index (χ0n) is 12.8. The minimum Gasteiger partial charge on any atom is -0.374 e. The molecule has 1 N–H and O–H groups in total. The lowest BCUT2D eigenvalue weighted by Gasteiger charge is -2.23. The van der Waals surface area contributed by atoms with Crippen molar-refractivity contribution in [3.05, 3.63) is 53.3 Å². The monoisotopic (exact) mass is 299 g/mol. The third-order valence-corrected chi connectivity index (χ3v) is 4.12. The molecule has 22 heavy (non-hydrogen) atoms.